The molecule has 2 aliphatic heterocycles. The lowest BCUT2D eigenvalue weighted by Crippen LogP contribution is -2.27. The third-order valence-electron chi connectivity index (χ3n) is 4.48. The lowest BCUT2D eigenvalue weighted by molar-refractivity contribution is 0.0315. The molecule has 4 rings (SSSR count). The van der Waals surface area contributed by atoms with Crippen molar-refractivity contribution in [1.29, 1.82) is 0 Å². The number of hydrogen-bond donors (Lipinski definition) is 0. The summed E-state index contributed by atoms with van der Waals surface area (Å²) < 4.78 is 6.16. The molecule has 1 saturated heterocycles. The molecule has 2 aromatic carbocycles. The van der Waals surface area contributed by atoms with Crippen LogP contribution in [0.15, 0.2) is 54.6 Å². The van der Waals surface area contributed by atoms with Crippen LogP contribution in [0.4, 0.5) is 0 Å². The van der Waals surface area contributed by atoms with E-state index in [1.165, 1.54) is 23.1 Å². The largest absolute Gasteiger partial charge is 0.357 e. The van der Waals surface area contributed by atoms with Crippen molar-refractivity contribution < 1.29 is 4.74 Å². The lowest BCUT2D eigenvalue weighted by atomic mass is 10.0. The van der Waals surface area contributed by atoms with Gasteiger partial charge in [0.25, 0.3) is 0 Å². The SMILES string of the molecule is c1ccc([C@@H]2COC3c4ccccc4CCCN32)cc1. The van der Waals surface area contributed by atoms with Gasteiger partial charge in [-0.1, -0.05) is 54.6 Å². The molecule has 2 atom stereocenters. The molecule has 0 aromatic heterocycles. The van der Waals surface area contributed by atoms with Crippen LogP contribution < -0.4 is 0 Å². The summed E-state index contributed by atoms with van der Waals surface area (Å²) in [7, 11) is 0. The van der Waals surface area contributed by atoms with Crippen molar-refractivity contribution in [3.63, 3.8) is 0 Å². The van der Waals surface area contributed by atoms with Crippen molar-refractivity contribution >= 4 is 0 Å². The van der Waals surface area contributed by atoms with Crippen LogP contribution >= 0.6 is 0 Å². The summed E-state index contributed by atoms with van der Waals surface area (Å²) in [6, 6.07) is 19.9. The fourth-order valence-corrected chi connectivity index (χ4v) is 3.50. The summed E-state index contributed by atoms with van der Waals surface area (Å²) in [4.78, 5) is 2.53. The van der Waals surface area contributed by atoms with Gasteiger partial charge in [0.2, 0.25) is 0 Å². The molecule has 0 amide bonds. The van der Waals surface area contributed by atoms with Gasteiger partial charge < -0.3 is 4.74 Å². The van der Waals surface area contributed by atoms with Crippen molar-refractivity contribution in [2.75, 3.05) is 13.2 Å². The average Bonchev–Trinajstić information content (AvgIpc) is 2.84. The molecule has 2 heteroatoms. The van der Waals surface area contributed by atoms with E-state index in [1.807, 2.05) is 0 Å². The second kappa shape index (κ2) is 5.04. The van der Waals surface area contributed by atoms with Gasteiger partial charge in [-0.15, -0.1) is 0 Å². The molecule has 1 fully saturated rings. The van der Waals surface area contributed by atoms with E-state index in [0.717, 1.165) is 19.6 Å². The maximum absolute atomic E-state index is 6.16. The topological polar surface area (TPSA) is 12.5 Å². The molecule has 0 aliphatic carbocycles. The molecule has 0 radical (unpaired) electrons. The quantitative estimate of drug-likeness (QED) is 0.779. The van der Waals surface area contributed by atoms with E-state index in [1.54, 1.807) is 0 Å². The van der Waals surface area contributed by atoms with Crippen LogP contribution in [0.1, 0.15) is 35.4 Å². The van der Waals surface area contributed by atoms with E-state index in [-0.39, 0.29) is 6.23 Å². The first-order chi connectivity index (χ1) is 9.93. The van der Waals surface area contributed by atoms with Gasteiger partial charge in [-0.25, -0.2) is 0 Å². The summed E-state index contributed by atoms with van der Waals surface area (Å²) in [5.41, 5.74) is 4.19. The summed E-state index contributed by atoms with van der Waals surface area (Å²) in [5, 5.41) is 0. The lowest BCUT2D eigenvalue weighted by Gasteiger charge is -2.27. The molecule has 2 aliphatic rings. The number of nitrogens with zero attached hydrogens (tertiary/aromatic N) is 1. The van der Waals surface area contributed by atoms with Crippen molar-refractivity contribution in [3.05, 3.63) is 71.3 Å². The van der Waals surface area contributed by atoms with Gasteiger partial charge in [0.15, 0.2) is 0 Å². The highest BCUT2D eigenvalue weighted by molar-refractivity contribution is 5.32. The average molecular weight is 265 g/mol. The van der Waals surface area contributed by atoms with Gasteiger partial charge in [-0.2, -0.15) is 0 Å². The maximum atomic E-state index is 6.16. The molecule has 0 N–H and O–H groups in total. The molecule has 2 nitrogen and oxygen atoms in total. The zero-order valence-electron chi connectivity index (χ0n) is 11.5. The van der Waals surface area contributed by atoms with Crippen LogP contribution in [0.2, 0.25) is 0 Å². The number of fused-ring (bicyclic) bond motifs is 3. The highest BCUT2D eigenvalue weighted by Gasteiger charge is 2.37. The van der Waals surface area contributed by atoms with Crippen LogP contribution in [0.25, 0.3) is 0 Å². The van der Waals surface area contributed by atoms with E-state index in [9.17, 15) is 0 Å². The van der Waals surface area contributed by atoms with Gasteiger partial charge in [-0.05, 0) is 29.5 Å². The molecule has 0 saturated carbocycles. The first-order valence-corrected chi connectivity index (χ1v) is 7.43. The standard InChI is InChI=1S/C18H19NO/c1-2-8-15(9-3-1)17-13-20-18-16-11-5-4-7-14(16)10-6-12-19(17)18/h1-5,7-9,11,17-18H,6,10,12-13H2/t17-,18?/m0/s1. The number of benzene rings is 2. The Morgan fingerprint density at radius 3 is 2.65 bits per heavy atom. The molecule has 0 bridgehead atoms. The minimum atomic E-state index is 0.138. The van der Waals surface area contributed by atoms with Gasteiger partial charge in [-0.3, -0.25) is 4.90 Å². The fourth-order valence-electron chi connectivity index (χ4n) is 3.50. The minimum Gasteiger partial charge on any atom is -0.357 e. The molecule has 0 spiro atoms. The second-order valence-corrected chi connectivity index (χ2v) is 5.65. The summed E-state index contributed by atoms with van der Waals surface area (Å²) in [6.45, 7) is 1.90. The molecular formula is C18H19NO. The van der Waals surface area contributed by atoms with Crippen molar-refractivity contribution in [2.45, 2.75) is 25.1 Å². The highest BCUT2D eigenvalue weighted by atomic mass is 16.5. The second-order valence-electron chi connectivity index (χ2n) is 5.65. The van der Waals surface area contributed by atoms with E-state index in [2.05, 4.69) is 59.5 Å². The molecule has 20 heavy (non-hydrogen) atoms. The minimum absolute atomic E-state index is 0.138. The Balaban J connectivity index is 1.71. The smallest absolute Gasteiger partial charge is 0.137 e. The Kier molecular flexibility index (Phi) is 3.06. The Hall–Kier alpha value is -1.64. The maximum Gasteiger partial charge on any atom is 0.137 e. The Morgan fingerprint density at radius 1 is 0.950 bits per heavy atom. The molecule has 1 unspecified atom stereocenters. The fraction of sp³-hybridized carbons (Fsp3) is 0.333. The van der Waals surface area contributed by atoms with Crippen molar-refractivity contribution in [3.8, 4) is 0 Å². The summed E-state index contributed by atoms with van der Waals surface area (Å²) >= 11 is 0. The van der Waals surface area contributed by atoms with E-state index in [0.29, 0.717) is 6.04 Å². The van der Waals surface area contributed by atoms with E-state index >= 15 is 0 Å². The molecular weight excluding hydrogens is 246 g/mol. The van der Waals surface area contributed by atoms with Crippen LogP contribution in [0, 0.1) is 0 Å². The monoisotopic (exact) mass is 265 g/mol. The Morgan fingerprint density at radius 2 is 1.75 bits per heavy atom. The van der Waals surface area contributed by atoms with Crippen LogP contribution in [0.3, 0.4) is 0 Å². The number of aryl methyl sites for hydroxylation is 1. The number of rotatable bonds is 1. The zero-order chi connectivity index (χ0) is 13.4. The first kappa shape index (κ1) is 12.1. The summed E-state index contributed by atoms with van der Waals surface area (Å²) in [6.07, 6.45) is 2.51. The van der Waals surface area contributed by atoms with Gasteiger partial charge in [0.1, 0.15) is 6.23 Å². The molecule has 2 aromatic rings. The molecule has 102 valence electrons. The van der Waals surface area contributed by atoms with Crippen LogP contribution in [0.5, 0.6) is 0 Å². The van der Waals surface area contributed by atoms with Gasteiger partial charge in [0, 0.05) is 6.54 Å². The summed E-state index contributed by atoms with van der Waals surface area (Å²) in [5.74, 6) is 0. The Labute approximate surface area is 120 Å². The normalized spacial score (nSPS) is 25.8. The zero-order valence-corrected chi connectivity index (χ0v) is 11.5. The third kappa shape index (κ3) is 1.96. The Bertz CT molecular complexity index is 595. The van der Waals surface area contributed by atoms with Crippen molar-refractivity contribution in [1.82, 2.24) is 4.90 Å². The van der Waals surface area contributed by atoms with Crippen LogP contribution in [-0.2, 0) is 11.2 Å². The predicted molar refractivity (Wildman–Crippen MR) is 79.3 cm³/mol. The van der Waals surface area contributed by atoms with Crippen molar-refractivity contribution in [2.24, 2.45) is 0 Å². The highest BCUT2D eigenvalue weighted by Crippen LogP contribution is 2.41. The number of hydrogen-bond acceptors (Lipinski definition) is 2. The van der Waals surface area contributed by atoms with E-state index in [4.69, 9.17) is 4.74 Å². The van der Waals surface area contributed by atoms with E-state index < -0.39 is 0 Å². The predicted octanol–water partition coefficient (Wildman–Crippen LogP) is 3.70. The van der Waals surface area contributed by atoms with Crippen LogP contribution in [-0.4, -0.2) is 18.1 Å². The van der Waals surface area contributed by atoms with Gasteiger partial charge >= 0.3 is 0 Å². The number of ether oxygens (including phenoxy) is 1. The first-order valence-electron chi connectivity index (χ1n) is 7.43. The third-order valence-corrected chi connectivity index (χ3v) is 4.48. The van der Waals surface area contributed by atoms with Gasteiger partial charge in [0.05, 0.1) is 12.6 Å². The molecule has 2 heterocycles.